The molecule has 2 aliphatic heterocycles. The van der Waals surface area contributed by atoms with Crippen molar-refractivity contribution in [2.75, 3.05) is 19.7 Å². The van der Waals surface area contributed by atoms with Gasteiger partial charge in [0.15, 0.2) is 0 Å². The second-order valence-electron chi connectivity index (χ2n) is 7.30. The molecule has 0 aromatic carbocycles. The molecule has 134 valence electrons. The maximum absolute atomic E-state index is 6.12. The van der Waals surface area contributed by atoms with Crippen molar-refractivity contribution in [3.63, 3.8) is 0 Å². The Morgan fingerprint density at radius 3 is 2.92 bits per heavy atom. The van der Waals surface area contributed by atoms with Crippen LogP contribution in [0.5, 0.6) is 0 Å². The first kappa shape index (κ1) is 16.7. The zero-order chi connectivity index (χ0) is 17.3. The molecule has 2 aromatic heterocycles. The van der Waals surface area contributed by atoms with Gasteiger partial charge in [-0.2, -0.15) is 0 Å². The summed E-state index contributed by atoms with van der Waals surface area (Å²) < 4.78 is 17.4. The fourth-order valence-electron chi connectivity index (χ4n) is 3.83. The van der Waals surface area contributed by atoms with Crippen LogP contribution in [0.1, 0.15) is 35.7 Å². The van der Waals surface area contributed by atoms with Crippen LogP contribution in [-0.2, 0) is 22.6 Å². The van der Waals surface area contributed by atoms with Gasteiger partial charge in [-0.3, -0.25) is 9.88 Å². The van der Waals surface area contributed by atoms with Crippen molar-refractivity contribution in [2.45, 2.75) is 51.5 Å². The fraction of sp³-hybridized carbons (Fsp3) is 0.579. The predicted molar refractivity (Wildman–Crippen MR) is 92.0 cm³/mol. The molecular formula is C19H25N3O3. The van der Waals surface area contributed by atoms with E-state index in [-0.39, 0.29) is 11.7 Å². The molecule has 6 heteroatoms. The summed E-state index contributed by atoms with van der Waals surface area (Å²) in [5.74, 6) is 0.859. The molecule has 1 atom stereocenters. The third kappa shape index (κ3) is 3.92. The van der Waals surface area contributed by atoms with Gasteiger partial charge in [0.1, 0.15) is 5.76 Å². The molecular weight excluding hydrogens is 318 g/mol. The van der Waals surface area contributed by atoms with E-state index in [9.17, 15) is 0 Å². The number of hydrogen-bond donors (Lipinski definition) is 0. The first-order valence-electron chi connectivity index (χ1n) is 8.93. The zero-order valence-electron chi connectivity index (χ0n) is 14.9. The summed E-state index contributed by atoms with van der Waals surface area (Å²) in [6, 6.07) is 8.05. The topological polar surface area (TPSA) is 60.6 Å². The van der Waals surface area contributed by atoms with E-state index in [1.165, 1.54) is 0 Å². The first-order chi connectivity index (χ1) is 12.1. The van der Waals surface area contributed by atoms with Crippen LogP contribution in [0.2, 0.25) is 0 Å². The Balaban J connectivity index is 1.27. The Morgan fingerprint density at radius 2 is 2.16 bits per heavy atom. The van der Waals surface area contributed by atoms with Crippen molar-refractivity contribution >= 4 is 0 Å². The summed E-state index contributed by atoms with van der Waals surface area (Å²) in [6.45, 7) is 7.95. The van der Waals surface area contributed by atoms with Crippen LogP contribution in [0.15, 0.2) is 28.8 Å². The lowest BCUT2D eigenvalue weighted by molar-refractivity contribution is -0.200. The van der Waals surface area contributed by atoms with E-state index in [0.29, 0.717) is 6.61 Å². The average molecular weight is 343 g/mol. The number of aryl methyl sites for hydroxylation is 2. The summed E-state index contributed by atoms with van der Waals surface area (Å²) in [4.78, 5) is 6.86. The summed E-state index contributed by atoms with van der Waals surface area (Å²) in [6.07, 6.45) is 2.15. The second-order valence-corrected chi connectivity index (χ2v) is 7.30. The van der Waals surface area contributed by atoms with Gasteiger partial charge in [0, 0.05) is 44.4 Å². The molecule has 1 spiro atoms. The van der Waals surface area contributed by atoms with Gasteiger partial charge in [0.25, 0.3) is 0 Å². The SMILES string of the molecule is Cc1cccc(COC2CCOC3(C2)CN(Cc2cc(C)on2)C3)n1. The van der Waals surface area contributed by atoms with Crippen molar-refractivity contribution < 1.29 is 14.0 Å². The summed E-state index contributed by atoms with van der Waals surface area (Å²) >= 11 is 0. The monoisotopic (exact) mass is 343 g/mol. The lowest BCUT2D eigenvalue weighted by atomic mass is 9.84. The second kappa shape index (κ2) is 6.86. The molecule has 0 bridgehead atoms. The number of rotatable bonds is 5. The number of hydrogen-bond acceptors (Lipinski definition) is 6. The lowest BCUT2D eigenvalue weighted by Gasteiger charge is -2.53. The number of aromatic nitrogens is 2. The van der Waals surface area contributed by atoms with Crippen LogP contribution in [0.3, 0.4) is 0 Å². The van der Waals surface area contributed by atoms with Crippen LogP contribution >= 0.6 is 0 Å². The number of likely N-dealkylation sites (tertiary alicyclic amines) is 1. The fourth-order valence-corrected chi connectivity index (χ4v) is 3.83. The van der Waals surface area contributed by atoms with Crippen molar-refractivity contribution in [1.82, 2.24) is 15.0 Å². The normalized spacial score (nSPS) is 22.9. The maximum Gasteiger partial charge on any atom is 0.133 e. The predicted octanol–water partition coefficient (Wildman–Crippen LogP) is 2.64. The number of ether oxygens (including phenoxy) is 2. The van der Waals surface area contributed by atoms with E-state index in [2.05, 4.69) is 15.0 Å². The lowest BCUT2D eigenvalue weighted by Crippen LogP contribution is -2.65. The highest BCUT2D eigenvalue weighted by Crippen LogP contribution is 2.36. The van der Waals surface area contributed by atoms with E-state index in [1.54, 1.807) is 0 Å². The molecule has 1 unspecified atom stereocenters. The van der Waals surface area contributed by atoms with Gasteiger partial charge in [-0.15, -0.1) is 0 Å². The molecule has 4 rings (SSSR count). The van der Waals surface area contributed by atoms with Gasteiger partial charge < -0.3 is 14.0 Å². The van der Waals surface area contributed by atoms with Gasteiger partial charge in [0.05, 0.1) is 29.7 Å². The summed E-state index contributed by atoms with van der Waals surface area (Å²) in [7, 11) is 0. The van der Waals surface area contributed by atoms with Gasteiger partial charge in [-0.25, -0.2) is 0 Å². The first-order valence-corrected chi connectivity index (χ1v) is 8.93. The van der Waals surface area contributed by atoms with Crippen LogP contribution in [-0.4, -0.2) is 46.4 Å². The third-order valence-corrected chi connectivity index (χ3v) is 4.95. The molecule has 2 saturated heterocycles. The van der Waals surface area contributed by atoms with E-state index < -0.39 is 0 Å². The quantitative estimate of drug-likeness (QED) is 0.832. The highest BCUT2D eigenvalue weighted by molar-refractivity contribution is 5.10. The smallest absolute Gasteiger partial charge is 0.133 e. The third-order valence-electron chi connectivity index (χ3n) is 4.95. The average Bonchev–Trinajstić information content (AvgIpc) is 2.97. The van der Waals surface area contributed by atoms with E-state index in [0.717, 1.165) is 61.9 Å². The maximum atomic E-state index is 6.12. The molecule has 2 fully saturated rings. The Labute approximate surface area is 148 Å². The standard InChI is InChI=1S/C19H25N3O3/c1-14-4-3-5-16(20-14)11-23-18-6-7-24-19(9-18)12-22(13-19)10-17-8-15(2)25-21-17/h3-5,8,18H,6-7,9-13H2,1-2H3. The summed E-state index contributed by atoms with van der Waals surface area (Å²) in [5, 5.41) is 4.07. The van der Waals surface area contributed by atoms with Crippen LogP contribution in [0.4, 0.5) is 0 Å². The molecule has 2 aromatic rings. The number of nitrogens with zero attached hydrogens (tertiary/aromatic N) is 3. The van der Waals surface area contributed by atoms with Crippen LogP contribution in [0, 0.1) is 13.8 Å². The van der Waals surface area contributed by atoms with E-state index in [4.69, 9.17) is 14.0 Å². The zero-order valence-corrected chi connectivity index (χ0v) is 14.9. The summed E-state index contributed by atoms with van der Waals surface area (Å²) in [5.41, 5.74) is 2.96. The Kier molecular flexibility index (Phi) is 4.58. The number of pyridine rings is 1. The van der Waals surface area contributed by atoms with Crippen molar-refractivity contribution in [2.24, 2.45) is 0 Å². The van der Waals surface area contributed by atoms with E-state index in [1.807, 2.05) is 38.1 Å². The molecule has 0 amide bonds. The van der Waals surface area contributed by atoms with Crippen LogP contribution < -0.4 is 0 Å². The molecule has 0 N–H and O–H groups in total. The molecule has 0 saturated carbocycles. The van der Waals surface area contributed by atoms with Gasteiger partial charge in [-0.1, -0.05) is 11.2 Å². The molecule has 0 radical (unpaired) electrons. The molecule has 4 heterocycles. The van der Waals surface area contributed by atoms with Crippen molar-refractivity contribution in [3.8, 4) is 0 Å². The Bertz CT molecular complexity index is 724. The van der Waals surface area contributed by atoms with Crippen molar-refractivity contribution in [3.05, 3.63) is 47.1 Å². The highest BCUT2D eigenvalue weighted by atomic mass is 16.5. The molecule has 0 aliphatic carbocycles. The highest BCUT2D eigenvalue weighted by Gasteiger charge is 2.47. The largest absolute Gasteiger partial charge is 0.372 e. The Hall–Kier alpha value is -1.76. The van der Waals surface area contributed by atoms with Gasteiger partial charge in [-0.05, 0) is 32.4 Å². The molecule has 2 aliphatic rings. The van der Waals surface area contributed by atoms with Crippen molar-refractivity contribution in [1.29, 1.82) is 0 Å². The van der Waals surface area contributed by atoms with E-state index >= 15 is 0 Å². The molecule has 6 nitrogen and oxygen atoms in total. The van der Waals surface area contributed by atoms with Crippen LogP contribution in [0.25, 0.3) is 0 Å². The minimum absolute atomic E-state index is 0.0538. The minimum atomic E-state index is -0.0538. The van der Waals surface area contributed by atoms with Gasteiger partial charge >= 0.3 is 0 Å². The van der Waals surface area contributed by atoms with Gasteiger partial charge in [0.2, 0.25) is 0 Å². The molecule has 25 heavy (non-hydrogen) atoms. The minimum Gasteiger partial charge on any atom is -0.372 e. The Morgan fingerprint density at radius 1 is 1.28 bits per heavy atom.